The molecule has 0 unspecified atom stereocenters. The van der Waals surface area contributed by atoms with E-state index >= 15 is 0 Å². The molecule has 0 saturated heterocycles. The van der Waals surface area contributed by atoms with E-state index in [2.05, 4.69) is 26.8 Å². The van der Waals surface area contributed by atoms with Crippen molar-refractivity contribution in [2.75, 3.05) is 27.1 Å². The van der Waals surface area contributed by atoms with Gasteiger partial charge in [0.2, 0.25) is 0 Å². The molecule has 0 aromatic heterocycles. The largest absolute Gasteiger partial charge is 0.467 e. The zero-order valence-corrected chi connectivity index (χ0v) is 11.2. The average Bonchev–Trinajstić information content (AvgIpc) is 2.28. The molecule has 1 rings (SSSR count). The molecule has 17 heavy (non-hydrogen) atoms. The van der Waals surface area contributed by atoms with E-state index in [1.54, 1.807) is 7.11 Å². The number of hydrogen-bond acceptors (Lipinski definition) is 3. The van der Waals surface area contributed by atoms with Crippen molar-refractivity contribution >= 4 is 0 Å². The number of benzene rings is 1. The highest BCUT2D eigenvalue weighted by molar-refractivity contribution is 5.38. The lowest BCUT2D eigenvalue weighted by Crippen LogP contribution is -2.15. The molecule has 3 nitrogen and oxygen atoms in total. The Morgan fingerprint density at radius 1 is 1.06 bits per heavy atom. The molecule has 0 amide bonds. The number of methoxy groups -OCH3 is 1. The molecule has 0 atom stereocenters. The number of para-hydroxylation sites is 1. The highest BCUT2D eigenvalue weighted by Crippen LogP contribution is 2.30. The van der Waals surface area contributed by atoms with Crippen molar-refractivity contribution < 1.29 is 14.2 Å². The van der Waals surface area contributed by atoms with Crippen LogP contribution in [-0.2, 0) is 14.9 Å². The van der Waals surface area contributed by atoms with Gasteiger partial charge >= 0.3 is 0 Å². The Morgan fingerprint density at radius 2 is 1.76 bits per heavy atom. The van der Waals surface area contributed by atoms with Crippen molar-refractivity contribution in [3.8, 4) is 5.75 Å². The van der Waals surface area contributed by atoms with Crippen molar-refractivity contribution in [3.63, 3.8) is 0 Å². The quantitative estimate of drug-likeness (QED) is 0.563. The minimum atomic E-state index is 0.0725. The summed E-state index contributed by atoms with van der Waals surface area (Å²) in [7, 11) is 1.65. The van der Waals surface area contributed by atoms with Crippen LogP contribution in [0.3, 0.4) is 0 Å². The Hall–Kier alpha value is -1.06. The highest BCUT2D eigenvalue weighted by atomic mass is 16.7. The fraction of sp³-hybridized carbons (Fsp3) is 0.571. The summed E-state index contributed by atoms with van der Waals surface area (Å²) in [5.74, 6) is 0.886. The minimum absolute atomic E-state index is 0.0725. The van der Waals surface area contributed by atoms with E-state index in [1.807, 2.05) is 18.2 Å². The van der Waals surface area contributed by atoms with Crippen LogP contribution in [0.2, 0.25) is 0 Å². The summed E-state index contributed by atoms with van der Waals surface area (Å²) in [5.41, 5.74) is 1.26. The minimum Gasteiger partial charge on any atom is -0.467 e. The van der Waals surface area contributed by atoms with Crippen molar-refractivity contribution in [2.24, 2.45) is 0 Å². The molecular weight excluding hydrogens is 216 g/mol. The van der Waals surface area contributed by atoms with Crippen LogP contribution in [0.25, 0.3) is 0 Å². The third kappa shape index (κ3) is 4.75. The molecule has 0 spiro atoms. The second kappa shape index (κ2) is 6.62. The van der Waals surface area contributed by atoms with Crippen LogP contribution >= 0.6 is 0 Å². The third-order valence-corrected chi connectivity index (χ3v) is 2.42. The summed E-state index contributed by atoms with van der Waals surface area (Å²) < 4.78 is 15.8. The maximum absolute atomic E-state index is 5.63. The van der Waals surface area contributed by atoms with Gasteiger partial charge in [-0.25, -0.2) is 0 Å². The van der Waals surface area contributed by atoms with Gasteiger partial charge in [-0.3, -0.25) is 0 Å². The summed E-state index contributed by atoms with van der Waals surface area (Å²) in [6, 6.07) is 8.06. The molecular formula is C14H22O3. The molecule has 0 aliphatic rings. The van der Waals surface area contributed by atoms with E-state index in [1.165, 1.54) is 5.56 Å². The first-order valence-electron chi connectivity index (χ1n) is 5.84. The topological polar surface area (TPSA) is 27.7 Å². The first-order valence-corrected chi connectivity index (χ1v) is 5.84. The predicted octanol–water partition coefficient (Wildman–Crippen LogP) is 2.98. The Balaban J connectivity index is 2.53. The maximum Gasteiger partial charge on any atom is 0.189 e. The zero-order chi connectivity index (χ0) is 12.7. The van der Waals surface area contributed by atoms with Gasteiger partial charge in [0.25, 0.3) is 0 Å². The van der Waals surface area contributed by atoms with Crippen molar-refractivity contribution in [2.45, 2.75) is 26.2 Å². The molecule has 1 aromatic carbocycles. The van der Waals surface area contributed by atoms with Crippen LogP contribution in [0.15, 0.2) is 24.3 Å². The summed E-state index contributed by atoms with van der Waals surface area (Å²) >= 11 is 0. The van der Waals surface area contributed by atoms with E-state index in [-0.39, 0.29) is 12.2 Å². The summed E-state index contributed by atoms with van der Waals surface area (Å²) in [5, 5.41) is 0. The molecule has 96 valence electrons. The molecule has 1 aromatic rings. The van der Waals surface area contributed by atoms with E-state index in [0.717, 1.165) is 5.75 Å². The average molecular weight is 238 g/mol. The van der Waals surface area contributed by atoms with Crippen molar-refractivity contribution in [1.29, 1.82) is 0 Å². The molecule has 0 aliphatic carbocycles. The third-order valence-electron chi connectivity index (χ3n) is 2.42. The van der Waals surface area contributed by atoms with Crippen LogP contribution in [0.1, 0.15) is 26.3 Å². The summed E-state index contributed by atoms with van der Waals surface area (Å²) in [4.78, 5) is 0. The van der Waals surface area contributed by atoms with Crippen LogP contribution in [-0.4, -0.2) is 27.1 Å². The fourth-order valence-corrected chi connectivity index (χ4v) is 1.52. The van der Waals surface area contributed by atoms with Crippen LogP contribution in [0.5, 0.6) is 5.75 Å². The molecule has 0 aliphatic heterocycles. The second-order valence-electron chi connectivity index (χ2n) is 4.91. The Bertz CT molecular complexity index is 328. The van der Waals surface area contributed by atoms with Crippen LogP contribution < -0.4 is 4.74 Å². The van der Waals surface area contributed by atoms with E-state index in [0.29, 0.717) is 13.2 Å². The molecule has 0 N–H and O–H groups in total. The van der Waals surface area contributed by atoms with Gasteiger partial charge in [-0.15, -0.1) is 0 Å². The second-order valence-corrected chi connectivity index (χ2v) is 4.91. The molecule has 0 fully saturated rings. The van der Waals surface area contributed by atoms with Gasteiger partial charge in [0.1, 0.15) is 5.75 Å². The summed E-state index contributed by atoms with van der Waals surface area (Å²) in [6.45, 7) is 7.90. The predicted molar refractivity (Wildman–Crippen MR) is 68.5 cm³/mol. The molecule has 0 saturated carbocycles. The highest BCUT2D eigenvalue weighted by Gasteiger charge is 2.18. The van der Waals surface area contributed by atoms with E-state index in [4.69, 9.17) is 14.2 Å². The first kappa shape index (κ1) is 14.0. The Morgan fingerprint density at radius 3 is 2.41 bits per heavy atom. The van der Waals surface area contributed by atoms with Crippen LogP contribution in [0.4, 0.5) is 0 Å². The zero-order valence-electron chi connectivity index (χ0n) is 11.2. The number of hydrogen-bond donors (Lipinski definition) is 0. The van der Waals surface area contributed by atoms with Crippen molar-refractivity contribution in [1.82, 2.24) is 0 Å². The van der Waals surface area contributed by atoms with E-state index in [9.17, 15) is 0 Å². The number of ether oxygens (including phenoxy) is 3. The standard InChI is InChI=1S/C14H22O3/c1-14(2,3)12-7-5-6-8-13(12)17-11-16-10-9-15-4/h5-8H,9-11H2,1-4H3. The van der Waals surface area contributed by atoms with Gasteiger partial charge in [-0.1, -0.05) is 39.0 Å². The van der Waals surface area contributed by atoms with Crippen LogP contribution in [0, 0.1) is 0 Å². The fourth-order valence-electron chi connectivity index (χ4n) is 1.52. The normalized spacial score (nSPS) is 11.5. The van der Waals surface area contributed by atoms with E-state index < -0.39 is 0 Å². The van der Waals surface area contributed by atoms with Gasteiger partial charge in [-0.2, -0.15) is 0 Å². The number of rotatable bonds is 6. The van der Waals surface area contributed by atoms with Gasteiger partial charge in [0.05, 0.1) is 13.2 Å². The summed E-state index contributed by atoms with van der Waals surface area (Å²) in [6.07, 6.45) is 0. The molecule has 0 radical (unpaired) electrons. The van der Waals surface area contributed by atoms with Crippen molar-refractivity contribution in [3.05, 3.63) is 29.8 Å². The molecule has 3 heteroatoms. The Labute approximate surface area is 104 Å². The monoisotopic (exact) mass is 238 g/mol. The lowest BCUT2D eigenvalue weighted by atomic mass is 9.86. The van der Waals surface area contributed by atoms with Gasteiger partial charge < -0.3 is 14.2 Å². The molecule has 0 bridgehead atoms. The van der Waals surface area contributed by atoms with Gasteiger partial charge in [-0.05, 0) is 17.0 Å². The lowest BCUT2D eigenvalue weighted by molar-refractivity contribution is -0.00918. The maximum atomic E-state index is 5.63. The lowest BCUT2D eigenvalue weighted by Gasteiger charge is -2.22. The first-order chi connectivity index (χ1) is 8.05. The van der Waals surface area contributed by atoms with Gasteiger partial charge in [0, 0.05) is 7.11 Å². The SMILES string of the molecule is COCCOCOc1ccccc1C(C)(C)C. The smallest absolute Gasteiger partial charge is 0.189 e. The Kier molecular flexibility index (Phi) is 5.45. The molecule has 0 heterocycles. The van der Waals surface area contributed by atoms with Gasteiger partial charge in [0.15, 0.2) is 6.79 Å².